The van der Waals surface area contributed by atoms with Crippen molar-refractivity contribution in [3.8, 4) is 5.75 Å². The molecule has 11 nitrogen and oxygen atoms in total. The van der Waals surface area contributed by atoms with Crippen LogP contribution in [-0.4, -0.2) is 81.8 Å². The summed E-state index contributed by atoms with van der Waals surface area (Å²) in [6.07, 6.45) is 1.69. The van der Waals surface area contributed by atoms with Crippen LogP contribution in [0.25, 0.3) is 0 Å². The number of aryl methyl sites for hydroxylation is 1. The fourth-order valence-electron chi connectivity index (χ4n) is 9.73. The van der Waals surface area contributed by atoms with Crippen LogP contribution in [0.2, 0.25) is 18.6 Å². The molecule has 7 rings (SSSR count). The van der Waals surface area contributed by atoms with Crippen LogP contribution in [0.15, 0.2) is 97.1 Å². The normalized spacial score (nSPS) is 21.1. The fraction of sp³-hybridized carbons (Fsp3) is 0.404. The Morgan fingerprint density at radius 3 is 2.36 bits per heavy atom. The molecule has 4 aromatic rings. The molecule has 0 aromatic heterocycles. The average molecular weight is 818 g/mol. The third kappa shape index (κ3) is 7.93. The second-order valence-corrected chi connectivity index (χ2v) is 21.1. The van der Waals surface area contributed by atoms with Crippen LogP contribution in [0.1, 0.15) is 55.7 Å². The number of fused-ring (bicyclic) bond motifs is 3. The molecule has 3 aliphatic heterocycles. The summed E-state index contributed by atoms with van der Waals surface area (Å²) in [6.45, 7) is 7.26. The van der Waals surface area contributed by atoms with Crippen LogP contribution in [0, 0.1) is 5.92 Å². The van der Waals surface area contributed by atoms with Crippen LogP contribution in [0.4, 0.5) is 17.1 Å². The van der Waals surface area contributed by atoms with Crippen molar-refractivity contribution < 1.29 is 38.5 Å². The number of methoxy groups -OCH3 is 2. The molecule has 3 aliphatic rings. The molecule has 0 saturated carbocycles. The number of nitrogens with zero attached hydrogens (tertiary/aromatic N) is 3. The fourth-order valence-corrected chi connectivity index (χ4v) is 13.7. The van der Waals surface area contributed by atoms with E-state index in [2.05, 4.69) is 32.2 Å². The molecule has 12 heteroatoms. The standard InChI is InChI=1S/C47H55N3O8Si/c1-32-45(59(4,5)37-22-20-36(56-2)21-23-37)41(30-43(53)48(27-28-51)31-33-13-7-6-8-14-33)58-47(32)38-29-35(50-39-16-10-9-15-34(39)18-25-42(50)52)19-24-40(38)49(46(47)55)26-12-11-17-44(54)57-3/h6-10,13-16,19-24,29,32,41,45,51H,11-12,17-18,25-28,30-31H2,1-5H3/t32-,41+,45-,47+/m1/s1. The SMILES string of the molecule is COC(=O)CCCCN1C(=O)[C@@]2(O[C@@H](CC(=O)N(CCO)Cc3ccccc3)[C@H]([Si](C)(C)c3ccc(OC)cc3)[C@H]2C)c2cc(N3C(=O)CCc4ccccc43)ccc21. The van der Waals surface area contributed by atoms with Gasteiger partial charge in [0.05, 0.1) is 52.8 Å². The third-order valence-corrected chi connectivity index (χ3v) is 17.1. The van der Waals surface area contributed by atoms with Crippen molar-refractivity contribution in [1.29, 1.82) is 0 Å². The summed E-state index contributed by atoms with van der Waals surface area (Å²) in [6, 6.07) is 31.5. The van der Waals surface area contributed by atoms with Gasteiger partial charge in [-0.05, 0) is 72.3 Å². The lowest BCUT2D eigenvalue weighted by Crippen LogP contribution is -2.52. The Balaban J connectivity index is 1.34. The van der Waals surface area contributed by atoms with Crippen LogP contribution in [-0.2, 0) is 47.2 Å². The van der Waals surface area contributed by atoms with E-state index in [0.717, 1.165) is 27.8 Å². The summed E-state index contributed by atoms with van der Waals surface area (Å²) in [5, 5.41) is 11.2. The zero-order valence-electron chi connectivity index (χ0n) is 34.7. The van der Waals surface area contributed by atoms with Gasteiger partial charge in [-0.3, -0.25) is 24.1 Å². The van der Waals surface area contributed by atoms with E-state index in [-0.39, 0.29) is 55.2 Å². The maximum absolute atomic E-state index is 15.4. The van der Waals surface area contributed by atoms with E-state index in [1.54, 1.807) is 21.8 Å². The molecule has 1 saturated heterocycles. The zero-order valence-corrected chi connectivity index (χ0v) is 35.7. The number of hydrogen-bond donors (Lipinski definition) is 1. The summed E-state index contributed by atoms with van der Waals surface area (Å²) in [5.74, 6) is -0.369. The molecule has 4 atom stereocenters. The van der Waals surface area contributed by atoms with Crippen molar-refractivity contribution in [2.75, 3.05) is 43.7 Å². The topological polar surface area (TPSA) is 126 Å². The quantitative estimate of drug-likeness (QED) is 0.0807. The molecule has 1 spiro atoms. The summed E-state index contributed by atoms with van der Waals surface area (Å²) in [7, 11) is 0.397. The van der Waals surface area contributed by atoms with E-state index < -0.39 is 25.7 Å². The first-order chi connectivity index (χ1) is 28.4. The van der Waals surface area contributed by atoms with E-state index >= 15 is 4.79 Å². The molecule has 59 heavy (non-hydrogen) atoms. The second kappa shape index (κ2) is 17.5. The molecule has 4 aromatic carbocycles. The van der Waals surface area contributed by atoms with Crippen molar-refractivity contribution in [3.05, 3.63) is 114 Å². The van der Waals surface area contributed by atoms with Gasteiger partial charge in [0.15, 0.2) is 5.60 Å². The van der Waals surface area contributed by atoms with Gasteiger partial charge in [-0.15, -0.1) is 0 Å². The predicted octanol–water partition coefficient (Wildman–Crippen LogP) is 6.62. The summed E-state index contributed by atoms with van der Waals surface area (Å²) < 4.78 is 17.7. The molecule has 1 N–H and O–H groups in total. The number of ether oxygens (including phenoxy) is 3. The molecule has 310 valence electrons. The third-order valence-electron chi connectivity index (χ3n) is 12.7. The first-order valence-electron chi connectivity index (χ1n) is 20.6. The van der Waals surface area contributed by atoms with Crippen molar-refractivity contribution >= 4 is 54.0 Å². The van der Waals surface area contributed by atoms with Crippen LogP contribution >= 0.6 is 0 Å². The smallest absolute Gasteiger partial charge is 0.305 e. The van der Waals surface area contributed by atoms with Gasteiger partial charge in [0.1, 0.15) is 5.75 Å². The Morgan fingerprint density at radius 1 is 0.915 bits per heavy atom. The van der Waals surface area contributed by atoms with E-state index in [9.17, 15) is 19.5 Å². The number of hydrogen-bond acceptors (Lipinski definition) is 8. The highest BCUT2D eigenvalue weighted by atomic mass is 28.3. The average Bonchev–Trinajstić information content (AvgIpc) is 3.67. The highest BCUT2D eigenvalue weighted by Gasteiger charge is 2.66. The molecule has 0 aliphatic carbocycles. The number of benzene rings is 4. The van der Waals surface area contributed by atoms with Crippen molar-refractivity contribution in [2.24, 2.45) is 5.92 Å². The summed E-state index contributed by atoms with van der Waals surface area (Å²) >= 11 is 0. The Morgan fingerprint density at radius 2 is 1.64 bits per heavy atom. The van der Waals surface area contributed by atoms with Crippen molar-refractivity contribution in [2.45, 2.75) is 82.3 Å². The van der Waals surface area contributed by atoms with Gasteiger partial charge in [0, 0.05) is 49.6 Å². The minimum Gasteiger partial charge on any atom is -0.497 e. The number of aliphatic hydroxyl groups excluding tert-OH is 1. The lowest BCUT2D eigenvalue weighted by atomic mass is 9.82. The number of unbranched alkanes of at least 4 members (excludes halogenated alkanes) is 1. The van der Waals surface area contributed by atoms with Gasteiger partial charge in [0.2, 0.25) is 11.8 Å². The number of rotatable bonds is 15. The molecule has 3 heterocycles. The minimum atomic E-state index is -2.61. The summed E-state index contributed by atoms with van der Waals surface area (Å²) in [5.41, 5.74) is 3.17. The molecular formula is C47H55N3O8Si. The largest absolute Gasteiger partial charge is 0.497 e. The molecule has 0 bridgehead atoms. The first kappa shape index (κ1) is 41.8. The van der Waals surface area contributed by atoms with Gasteiger partial charge in [-0.25, -0.2) is 0 Å². The minimum absolute atomic E-state index is 0.00952. The monoisotopic (exact) mass is 817 g/mol. The van der Waals surface area contributed by atoms with E-state index in [0.29, 0.717) is 55.7 Å². The maximum atomic E-state index is 15.4. The van der Waals surface area contributed by atoms with Crippen LogP contribution in [0.5, 0.6) is 5.75 Å². The molecule has 0 radical (unpaired) electrons. The first-order valence-corrected chi connectivity index (χ1v) is 23.7. The van der Waals surface area contributed by atoms with Gasteiger partial charge < -0.3 is 29.1 Å². The Labute approximate surface area is 347 Å². The van der Waals surface area contributed by atoms with E-state index in [1.165, 1.54) is 7.11 Å². The highest BCUT2D eigenvalue weighted by Crippen LogP contribution is 2.60. The predicted molar refractivity (Wildman–Crippen MR) is 230 cm³/mol. The number of aliphatic hydroxyl groups is 1. The second-order valence-electron chi connectivity index (χ2n) is 16.4. The number of amides is 3. The van der Waals surface area contributed by atoms with E-state index in [4.69, 9.17) is 14.2 Å². The molecule has 3 amide bonds. The van der Waals surface area contributed by atoms with Crippen LogP contribution in [0.3, 0.4) is 0 Å². The van der Waals surface area contributed by atoms with Gasteiger partial charge in [-0.2, -0.15) is 0 Å². The van der Waals surface area contributed by atoms with Gasteiger partial charge in [-0.1, -0.05) is 85.9 Å². The summed E-state index contributed by atoms with van der Waals surface area (Å²) in [4.78, 5) is 60.9. The lowest BCUT2D eigenvalue weighted by molar-refractivity contribution is -0.149. The van der Waals surface area contributed by atoms with Crippen molar-refractivity contribution in [3.63, 3.8) is 0 Å². The van der Waals surface area contributed by atoms with Gasteiger partial charge >= 0.3 is 5.97 Å². The molecule has 1 fully saturated rings. The molecule has 0 unspecified atom stereocenters. The molecular weight excluding hydrogens is 763 g/mol. The Kier molecular flexibility index (Phi) is 12.4. The van der Waals surface area contributed by atoms with Crippen molar-refractivity contribution in [1.82, 2.24) is 4.90 Å². The van der Waals surface area contributed by atoms with Crippen LogP contribution < -0.4 is 19.7 Å². The lowest BCUT2D eigenvalue weighted by Gasteiger charge is -2.37. The zero-order chi connectivity index (χ0) is 41.9. The van der Waals surface area contributed by atoms with E-state index in [1.807, 2.05) is 84.9 Å². The number of carbonyl (C=O) groups is 4. The number of para-hydroxylation sites is 1. The Bertz CT molecular complexity index is 2180. The van der Waals surface area contributed by atoms with Gasteiger partial charge in [0.25, 0.3) is 5.91 Å². The highest BCUT2D eigenvalue weighted by molar-refractivity contribution is 6.91. The Hall–Kier alpha value is -5.30. The number of anilines is 3. The number of esters is 1. The number of carbonyl (C=O) groups excluding carboxylic acids is 4. The maximum Gasteiger partial charge on any atom is 0.305 e.